The lowest BCUT2D eigenvalue weighted by Crippen LogP contribution is -2.40. The standard InChI is InChI=1S/C25H23F3N2O4S/c1-15-12-23(25(32)30-10-8-18(31)9-11-30)29-14-21(15)24(20-13-17(27)4-7-22(20)28)35(33,34)19-5-2-16(26)3-6-19/h2-7,12-14,18,24,31H,8-11H2,1H3. The lowest BCUT2D eigenvalue weighted by atomic mass is 10.00. The highest BCUT2D eigenvalue weighted by Gasteiger charge is 2.35. The highest BCUT2D eigenvalue weighted by atomic mass is 32.2. The molecule has 0 saturated carbocycles. The quantitative estimate of drug-likeness (QED) is 0.532. The Morgan fingerprint density at radius 1 is 1.00 bits per heavy atom. The van der Waals surface area contributed by atoms with Gasteiger partial charge in [-0.05, 0) is 79.4 Å². The van der Waals surface area contributed by atoms with Gasteiger partial charge in [-0.25, -0.2) is 21.6 Å². The molecule has 1 aromatic heterocycles. The van der Waals surface area contributed by atoms with E-state index in [1.54, 1.807) is 11.8 Å². The molecule has 3 aromatic rings. The maximum absolute atomic E-state index is 14.8. The summed E-state index contributed by atoms with van der Waals surface area (Å²) in [7, 11) is -4.38. The first kappa shape index (κ1) is 24.9. The number of aryl methyl sites for hydroxylation is 1. The molecular formula is C25H23F3N2O4S. The molecule has 184 valence electrons. The summed E-state index contributed by atoms with van der Waals surface area (Å²) in [5, 5.41) is 7.98. The molecule has 6 nitrogen and oxygen atoms in total. The first-order chi connectivity index (χ1) is 16.6. The summed E-state index contributed by atoms with van der Waals surface area (Å²) in [4.78, 5) is 18.3. The number of nitrogens with zero attached hydrogens (tertiary/aromatic N) is 2. The summed E-state index contributed by atoms with van der Waals surface area (Å²) in [6.07, 6.45) is 1.60. The van der Waals surface area contributed by atoms with Crippen LogP contribution in [0.5, 0.6) is 0 Å². The zero-order valence-corrected chi connectivity index (χ0v) is 19.6. The van der Waals surface area contributed by atoms with Crippen LogP contribution in [-0.2, 0) is 9.84 Å². The minimum absolute atomic E-state index is 0.0597. The summed E-state index contributed by atoms with van der Waals surface area (Å²) in [6, 6.07) is 7.97. The van der Waals surface area contributed by atoms with Crippen molar-refractivity contribution in [2.45, 2.75) is 36.0 Å². The van der Waals surface area contributed by atoms with Gasteiger partial charge in [-0.15, -0.1) is 0 Å². The van der Waals surface area contributed by atoms with Crippen LogP contribution >= 0.6 is 0 Å². The Hall–Kier alpha value is -3.24. The molecule has 1 amide bonds. The van der Waals surface area contributed by atoms with Crippen molar-refractivity contribution in [1.29, 1.82) is 0 Å². The molecule has 1 saturated heterocycles. The molecule has 0 aliphatic carbocycles. The van der Waals surface area contributed by atoms with E-state index in [4.69, 9.17) is 0 Å². The van der Waals surface area contributed by atoms with Crippen molar-refractivity contribution in [2.24, 2.45) is 0 Å². The third kappa shape index (κ3) is 5.08. The van der Waals surface area contributed by atoms with E-state index in [1.807, 2.05) is 0 Å². The van der Waals surface area contributed by atoms with E-state index in [9.17, 15) is 31.5 Å². The topological polar surface area (TPSA) is 87.6 Å². The average Bonchev–Trinajstić information content (AvgIpc) is 2.82. The van der Waals surface area contributed by atoms with Gasteiger partial charge in [-0.2, -0.15) is 0 Å². The van der Waals surface area contributed by atoms with E-state index in [0.29, 0.717) is 31.5 Å². The molecule has 0 spiro atoms. The Labute approximate surface area is 201 Å². The largest absolute Gasteiger partial charge is 0.393 e. The van der Waals surface area contributed by atoms with E-state index < -0.39 is 44.2 Å². The Morgan fingerprint density at radius 2 is 1.63 bits per heavy atom. The maximum Gasteiger partial charge on any atom is 0.272 e. The van der Waals surface area contributed by atoms with E-state index in [-0.39, 0.29) is 22.1 Å². The van der Waals surface area contributed by atoms with Gasteiger partial charge in [0.15, 0.2) is 9.84 Å². The van der Waals surface area contributed by atoms with Crippen LogP contribution in [0.4, 0.5) is 13.2 Å². The van der Waals surface area contributed by atoms with E-state index in [2.05, 4.69) is 4.98 Å². The van der Waals surface area contributed by atoms with Gasteiger partial charge in [0.2, 0.25) is 0 Å². The van der Waals surface area contributed by atoms with Crippen LogP contribution in [0.15, 0.2) is 59.6 Å². The van der Waals surface area contributed by atoms with Crippen molar-refractivity contribution in [3.05, 3.63) is 94.6 Å². The molecule has 2 heterocycles. The first-order valence-electron chi connectivity index (χ1n) is 11.0. The second-order valence-electron chi connectivity index (χ2n) is 8.49. The van der Waals surface area contributed by atoms with Gasteiger partial charge >= 0.3 is 0 Å². The van der Waals surface area contributed by atoms with Crippen LogP contribution in [0.2, 0.25) is 0 Å². The number of hydrogen-bond acceptors (Lipinski definition) is 5. The predicted molar refractivity (Wildman–Crippen MR) is 122 cm³/mol. The van der Waals surface area contributed by atoms with Crippen molar-refractivity contribution in [3.8, 4) is 0 Å². The number of aliphatic hydroxyl groups is 1. The number of amides is 1. The summed E-state index contributed by atoms with van der Waals surface area (Å²) in [5.74, 6) is -2.79. The number of likely N-dealkylation sites (tertiary alicyclic amines) is 1. The highest BCUT2D eigenvalue weighted by Crippen LogP contribution is 2.38. The average molecular weight is 505 g/mol. The fourth-order valence-corrected chi connectivity index (χ4v) is 6.05. The first-order valence-corrected chi connectivity index (χ1v) is 12.5. The third-order valence-electron chi connectivity index (χ3n) is 6.10. The molecule has 35 heavy (non-hydrogen) atoms. The van der Waals surface area contributed by atoms with Crippen LogP contribution in [0.1, 0.15) is 45.3 Å². The Kier molecular flexibility index (Phi) is 6.95. The fraction of sp³-hybridized carbons (Fsp3) is 0.280. The molecule has 1 N–H and O–H groups in total. The van der Waals surface area contributed by atoms with Crippen molar-refractivity contribution in [1.82, 2.24) is 9.88 Å². The monoisotopic (exact) mass is 504 g/mol. The molecule has 0 radical (unpaired) electrons. The number of sulfone groups is 1. The number of hydrogen-bond donors (Lipinski definition) is 1. The van der Waals surface area contributed by atoms with E-state index in [0.717, 1.165) is 42.5 Å². The molecular weight excluding hydrogens is 481 g/mol. The predicted octanol–water partition coefficient (Wildman–Crippen LogP) is 3.97. The second kappa shape index (κ2) is 9.79. The van der Waals surface area contributed by atoms with E-state index in [1.165, 1.54) is 12.3 Å². The molecule has 1 aliphatic rings. The number of piperidine rings is 1. The SMILES string of the molecule is Cc1cc(C(=O)N2CCC(O)CC2)ncc1C(c1cc(F)ccc1F)S(=O)(=O)c1ccc(F)cc1. The van der Waals surface area contributed by atoms with Gasteiger partial charge in [0.25, 0.3) is 5.91 Å². The number of benzene rings is 2. The fourth-order valence-electron chi connectivity index (χ4n) is 4.17. The van der Waals surface area contributed by atoms with Gasteiger partial charge in [0, 0.05) is 24.8 Å². The Bertz CT molecular complexity index is 1360. The third-order valence-corrected chi connectivity index (χ3v) is 8.16. The summed E-state index contributed by atoms with van der Waals surface area (Å²) < 4.78 is 69.6. The van der Waals surface area contributed by atoms with Crippen molar-refractivity contribution in [2.75, 3.05) is 13.1 Å². The lowest BCUT2D eigenvalue weighted by molar-refractivity contribution is 0.0541. The molecule has 2 aromatic carbocycles. The van der Waals surface area contributed by atoms with Gasteiger partial charge in [0.05, 0.1) is 11.0 Å². The molecule has 1 unspecified atom stereocenters. The number of aromatic nitrogens is 1. The maximum atomic E-state index is 14.8. The smallest absolute Gasteiger partial charge is 0.272 e. The molecule has 1 aliphatic heterocycles. The zero-order chi connectivity index (χ0) is 25.3. The van der Waals surface area contributed by atoms with Crippen molar-refractivity contribution < 1.29 is 31.5 Å². The van der Waals surface area contributed by atoms with Gasteiger partial charge < -0.3 is 10.0 Å². The highest BCUT2D eigenvalue weighted by molar-refractivity contribution is 7.92. The number of halogens is 3. The molecule has 1 atom stereocenters. The Morgan fingerprint density at radius 3 is 2.26 bits per heavy atom. The van der Waals surface area contributed by atoms with Crippen LogP contribution in [0.25, 0.3) is 0 Å². The second-order valence-corrected chi connectivity index (χ2v) is 10.5. The van der Waals surface area contributed by atoms with Crippen molar-refractivity contribution in [3.63, 3.8) is 0 Å². The summed E-state index contributed by atoms with van der Waals surface area (Å²) in [5.41, 5.74) is 0.0350. The number of aliphatic hydroxyl groups excluding tert-OH is 1. The zero-order valence-electron chi connectivity index (χ0n) is 18.8. The summed E-state index contributed by atoms with van der Waals surface area (Å²) >= 11 is 0. The van der Waals surface area contributed by atoms with Gasteiger partial charge in [-0.3, -0.25) is 9.78 Å². The Balaban J connectivity index is 1.80. The van der Waals surface area contributed by atoms with Gasteiger partial charge in [0.1, 0.15) is 28.4 Å². The number of rotatable bonds is 5. The molecule has 0 bridgehead atoms. The minimum Gasteiger partial charge on any atom is -0.393 e. The number of carbonyl (C=O) groups excluding carboxylic acids is 1. The molecule has 1 fully saturated rings. The van der Waals surface area contributed by atoms with Crippen molar-refractivity contribution >= 4 is 15.7 Å². The number of carbonyl (C=O) groups is 1. The van der Waals surface area contributed by atoms with Crippen LogP contribution in [0.3, 0.4) is 0 Å². The van der Waals surface area contributed by atoms with Crippen LogP contribution in [0, 0.1) is 24.4 Å². The minimum atomic E-state index is -4.38. The molecule has 10 heteroatoms. The van der Waals surface area contributed by atoms with E-state index >= 15 is 0 Å². The number of pyridine rings is 1. The van der Waals surface area contributed by atoms with Crippen LogP contribution in [-0.4, -0.2) is 48.5 Å². The normalized spacial score (nSPS) is 15.7. The van der Waals surface area contributed by atoms with Gasteiger partial charge in [-0.1, -0.05) is 0 Å². The lowest BCUT2D eigenvalue weighted by Gasteiger charge is -2.29. The summed E-state index contributed by atoms with van der Waals surface area (Å²) in [6.45, 7) is 2.27. The van der Waals surface area contributed by atoms with Crippen LogP contribution < -0.4 is 0 Å². The molecule has 4 rings (SSSR count).